The smallest absolute Gasteiger partial charge is 0.273 e. The summed E-state index contributed by atoms with van der Waals surface area (Å²) in [6.07, 6.45) is 2.06. The zero-order valence-electron chi connectivity index (χ0n) is 14.9. The molecule has 2 rings (SSSR count). The van der Waals surface area contributed by atoms with Crippen LogP contribution in [0.15, 0.2) is 34.5 Å². The van der Waals surface area contributed by atoms with E-state index in [4.69, 9.17) is 0 Å². The van der Waals surface area contributed by atoms with Crippen molar-refractivity contribution in [2.75, 3.05) is 20.4 Å². The van der Waals surface area contributed by atoms with Gasteiger partial charge in [-0.15, -0.1) is 23.1 Å². The van der Waals surface area contributed by atoms with Crippen molar-refractivity contribution in [3.63, 3.8) is 0 Å². The second-order valence-electron chi connectivity index (χ2n) is 6.24. The van der Waals surface area contributed by atoms with Crippen molar-refractivity contribution in [3.05, 3.63) is 45.9 Å². The number of hydrogen-bond acceptors (Lipinski definition) is 5. The molecule has 0 saturated heterocycles. The van der Waals surface area contributed by atoms with Crippen LogP contribution in [0.25, 0.3) is 0 Å². The van der Waals surface area contributed by atoms with Crippen molar-refractivity contribution < 1.29 is 4.79 Å². The summed E-state index contributed by atoms with van der Waals surface area (Å²) in [6.45, 7) is 5.45. The molecule has 0 aliphatic rings. The Morgan fingerprint density at radius 1 is 1.29 bits per heavy atom. The molecule has 2 aromatic rings. The summed E-state index contributed by atoms with van der Waals surface area (Å²) >= 11 is 3.26. The van der Waals surface area contributed by atoms with Crippen molar-refractivity contribution in [1.82, 2.24) is 14.8 Å². The summed E-state index contributed by atoms with van der Waals surface area (Å²) in [5.41, 5.74) is 1.69. The Balaban J connectivity index is 2.17. The van der Waals surface area contributed by atoms with Crippen LogP contribution in [-0.2, 0) is 13.1 Å². The fraction of sp³-hybridized carbons (Fsp3) is 0.444. The molecule has 0 radical (unpaired) electrons. The van der Waals surface area contributed by atoms with Gasteiger partial charge in [0.15, 0.2) is 0 Å². The number of amides is 1. The van der Waals surface area contributed by atoms with Gasteiger partial charge in [0, 0.05) is 29.4 Å². The fourth-order valence-electron chi connectivity index (χ4n) is 2.36. The molecule has 0 saturated carbocycles. The van der Waals surface area contributed by atoms with Crippen molar-refractivity contribution in [1.29, 1.82) is 0 Å². The summed E-state index contributed by atoms with van der Waals surface area (Å²) in [5.74, 6) is 0.000751. The minimum absolute atomic E-state index is 0.000751. The van der Waals surface area contributed by atoms with E-state index in [1.54, 1.807) is 23.1 Å². The minimum Gasteiger partial charge on any atom is -0.331 e. The minimum atomic E-state index is 0.000751. The molecule has 1 aromatic carbocycles. The highest BCUT2D eigenvalue weighted by Gasteiger charge is 2.21. The van der Waals surface area contributed by atoms with Crippen molar-refractivity contribution in [3.8, 4) is 0 Å². The van der Waals surface area contributed by atoms with Gasteiger partial charge in [-0.1, -0.05) is 12.1 Å². The molecule has 4 nitrogen and oxygen atoms in total. The van der Waals surface area contributed by atoms with E-state index in [-0.39, 0.29) is 11.9 Å². The molecule has 24 heavy (non-hydrogen) atoms. The second-order valence-corrected chi connectivity index (χ2v) is 8.06. The highest BCUT2D eigenvalue weighted by molar-refractivity contribution is 7.98. The highest BCUT2D eigenvalue weighted by Crippen LogP contribution is 2.20. The molecule has 1 aromatic heterocycles. The number of nitrogens with zero attached hydrogens (tertiary/aromatic N) is 3. The van der Waals surface area contributed by atoms with Crippen LogP contribution in [0, 0.1) is 0 Å². The predicted octanol–water partition coefficient (Wildman–Crippen LogP) is 3.98. The summed E-state index contributed by atoms with van der Waals surface area (Å²) in [4.78, 5) is 22.6. The van der Waals surface area contributed by atoms with E-state index in [2.05, 4.69) is 34.3 Å². The Morgan fingerprint density at radius 2 is 2.04 bits per heavy atom. The standard InChI is InChI=1S/C18H25N3OS2/c1-13(2)21(10-14-7-6-8-15(9-14)23-5)18(22)16-12-24-17(19-16)11-20(3)4/h6-9,12-13H,10-11H2,1-5H3. The Kier molecular flexibility index (Phi) is 6.83. The molecule has 0 aliphatic carbocycles. The number of rotatable bonds is 7. The topological polar surface area (TPSA) is 36.4 Å². The van der Waals surface area contributed by atoms with Crippen LogP contribution in [0.2, 0.25) is 0 Å². The van der Waals surface area contributed by atoms with Gasteiger partial charge in [0.05, 0.1) is 0 Å². The lowest BCUT2D eigenvalue weighted by atomic mass is 10.2. The monoisotopic (exact) mass is 363 g/mol. The lowest BCUT2D eigenvalue weighted by Crippen LogP contribution is -2.36. The molecule has 6 heteroatoms. The first-order valence-electron chi connectivity index (χ1n) is 7.93. The molecule has 130 valence electrons. The van der Waals surface area contributed by atoms with Gasteiger partial charge in [-0.2, -0.15) is 0 Å². The molecule has 1 amide bonds. The third-order valence-corrected chi connectivity index (χ3v) is 5.15. The van der Waals surface area contributed by atoms with Crippen LogP contribution in [0.1, 0.15) is 34.9 Å². The van der Waals surface area contributed by atoms with Crippen molar-refractivity contribution >= 4 is 29.0 Å². The Hall–Kier alpha value is -1.37. The van der Waals surface area contributed by atoms with Gasteiger partial charge >= 0.3 is 0 Å². The Morgan fingerprint density at radius 3 is 2.67 bits per heavy atom. The molecular formula is C18H25N3OS2. The van der Waals surface area contributed by atoms with Gasteiger partial charge < -0.3 is 9.80 Å². The zero-order chi connectivity index (χ0) is 17.7. The van der Waals surface area contributed by atoms with E-state index in [1.165, 1.54) is 4.90 Å². The largest absolute Gasteiger partial charge is 0.331 e. The van der Waals surface area contributed by atoms with E-state index in [9.17, 15) is 4.79 Å². The van der Waals surface area contributed by atoms with Crippen LogP contribution in [0.3, 0.4) is 0 Å². The lowest BCUT2D eigenvalue weighted by Gasteiger charge is -2.26. The highest BCUT2D eigenvalue weighted by atomic mass is 32.2. The first-order chi connectivity index (χ1) is 11.4. The van der Waals surface area contributed by atoms with E-state index >= 15 is 0 Å². The van der Waals surface area contributed by atoms with Crippen molar-refractivity contribution in [2.45, 2.75) is 37.9 Å². The fourth-order valence-corrected chi connectivity index (χ4v) is 3.72. The van der Waals surface area contributed by atoms with Gasteiger partial charge in [-0.3, -0.25) is 4.79 Å². The van der Waals surface area contributed by atoms with Crippen LogP contribution in [0.5, 0.6) is 0 Å². The Labute approximate surface area is 152 Å². The molecule has 0 bridgehead atoms. The summed E-state index contributed by atoms with van der Waals surface area (Å²) in [6, 6.07) is 8.47. The van der Waals surface area contributed by atoms with Gasteiger partial charge in [0.2, 0.25) is 0 Å². The molecule has 0 N–H and O–H groups in total. The number of benzene rings is 1. The van der Waals surface area contributed by atoms with Gasteiger partial charge in [-0.05, 0) is 51.9 Å². The summed E-state index contributed by atoms with van der Waals surface area (Å²) in [7, 11) is 4.00. The maximum Gasteiger partial charge on any atom is 0.273 e. The molecule has 1 heterocycles. The number of thioether (sulfide) groups is 1. The predicted molar refractivity (Wildman–Crippen MR) is 103 cm³/mol. The molecular weight excluding hydrogens is 338 g/mol. The van der Waals surface area contributed by atoms with Gasteiger partial charge in [0.25, 0.3) is 5.91 Å². The first kappa shape index (κ1) is 19.0. The van der Waals surface area contributed by atoms with Gasteiger partial charge in [-0.25, -0.2) is 4.98 Å². The number of carbonyl (C=O) groups is 1. The summed E-state index contributed by atoms with van der Waals surface area (Å²) in [5, 5.41) is 2.84. The average molecular weight is 364 g/mol. The maximum absolute atomic E-state index is 12.9. The van der Waals surface area contributed by atoms with Crippen molar-refractivity contribution in [2.24, 2.45) is 0 Å². The lowest BCUT2D eigenvalue weighted by molar-refractivity contribution is 0.0684. The Bertz CT molecular complexity index is 682. The summed E-state index contributed by atoms with van der Waals surface area (Å²) < 4.78 is 0. The molecule has 0 spiro atoms. The third kappa shape index (κ3) is 5.06. The van der Waals surface area contributed by atoms with Crippen LogP contribution in [-0.4, -0.2) is 47.1 Å². The molecule has 0 fully saturated rings. The first-order valence-corrected chi connectivity index (χ1v) is 10.0. The van der Waals surface area contributed by atoms with Crippen LogP contribution in [0.4, 0.5) is 0 Å². The number of thiazole rings is 1. The molecule has 0 atom stereocenters. The third-order valence-electron chi connectivity index (χ3n) is 3.59. The quantitative estimate of drug-likeness (QED) is 0.697. The molecule has 0 unspecified atom stereocenters. The van der Waals surface area contributed by atoms with E-state index in [1.807, 2.05) is 44.3 Å². The van der Waals surface area contributed by atoms with Crippen LogP contribution < -0.4 is 0 Å². The van der Waals surface area contributed by atoms with E-state index < -0.39 is 0 Å². The SMILES string of the molecule is CSc1cccc(CN(C(=O)c2csc(CN(C)C)n2)C(C)C)c1. The average Bonchev–Trinajstić information content (AvgIpc) is 2.99. The number of hydrogen-bond donors (Lipinski definition) is 0. The number of carbonyl (C=O) groups excluding carboxylic acids is 1. The second kappa shape index (κ2) is 8.65. The van der Waals surface area contributed by atoms with Gasteiger partial charge in [0.1, 0.15) is 10.7 Å². The zero-order valence-corrected chi connectivity index (χ0v) is 16.6. The maximum atomic E-state index is 12.9. The normalized spacial score (nSPS) is 11.3. The van der Waals surface area contributed by atoms with E-state index in [0.717, 1.165) is 17.1 Å². The van der Waals surface area contributed by atoms with Crippen LogP contribution >= 0.6 is 23.1 Å². The number of aromatic nitrogens is 1. The van der Waals surface area contributed by atoms with E-state index in [0.29, 0.717) is 12.2 Å². The molecule has 0 aliphatic heterocycles.